The molecule has 0 atom stereocenters. The third kappa shape index (κ3) is 8.87. The zero-order chi connectivity index (χ0) is 0. The van der Waals surface area contributed by atoms with Gasteiger partial charge in [0.05, 0.1) is 0 Å². The zero-order valence-corrected chi connectivity index (χ0v) is 7.46. The van der Waals surface area contributed by atoms with Gasteiger partial charge >= 0.3 is 51.4 Å². The fourth-order valence-corrected chi connectivity index (χ4v) is 0. The van der Waals surface area contributed by atoms with E-state index in [9.17, 15) is 0 Å². The quantitative estimate of drug-likeness (QED) is 0.322. The predicted molar refractivity (Wildman–Crippen MR) is 15.4 cm³/mol. The third-order valence-electron chi connectivity index (χ3n) is 0. The van der Waals surface area contributed by atoms with Crippen molar-refractivity contribution in [2.75, 3.05) is 0 Å². The Labute approximate surface area is 81.8 Å². The summed E-state index contributed by atoms with van der Waals surface area (Å²) in [4.78, 5) is 0. The first-order valence-electron chi connectivity index (χ1n) is 0. The molecule has 0 rings (SSSR count). The summed E-state index contributed by atoms with van der Waals surface area (Å²) >= 11 is 0. The van der Waals surface area contributed by atoms with Crippen LogP contribution >= 0.6 is 13.5 Å². The normalized spacial score (nSPS) is 0. The summed E-state index contributed by atoms with van der Waals surface area (Å²) in [7, 11) is 0. The van der Waals surface area contributed by atoms with Gasteiger partial charge in [-0.15, -0.1) is 0 Å². The molecule has 0 radical (unpaired) electrons. The van der Waals surface area contributed by atoms with Crippen molar-refractivity contribution in [3.05, 3.63) is 0 Å². The van der Waals surface area contributed by atoms with E-state index in [1.807, 2.05) is 0 Å². The maximum absolute atomic E-state index is 0. The Morgan fingerprint density at radius 2 is 1.00 bits per heavy atom. The van der Waals surface area contributed by atoms with Crippen LogP contribution in [0.3, 0.4) is 0 Å². The molecule has 0 unspecified atom stereocenters. The van der Waals surface area contributed by atoms with E-state index >= 15 is 0 Å². The van der Waals surface area contributed by atoms with Gasteiger partial charge in [-0.1, -0.05) is 0 Å². The Morgan fingerprint density at radius 1 is 1.00 bits per heavy atom. The summed E-state index contributed by atoms with van der Waals surface area (Å²) < 4.78 is 0. The minimum Gasteiger partial charge on any atom is -1.00 e. The van der Waals surface area contributed by atoms with Crippen LogP contribution in [0.1, 0.15) is 0 Å². The second-order valence-corrected chi connectivity index (χ2v) is 0. The molecule has 0 saturated carbocycles. The van der Waals surface area contributed by atoms with E-state index in [-0.39, 0.29) is 83.4 Å². The van der Waals surface area contributed by atoms with Crippen molar-refractivity contribution in [3.8, 4) is 0 Å². The molecule has 0 aliphatic heterocycles. The minimum absolute atomic E-state index is 0. The fraction of sp³-hybridized carbons (Fsp3) is 0. The molecule has 0 spiro atoms. The van der Waals surface area contributed by atoms with Gasteiger partial charge in [-0.2, -0.15) is 13.5 Å². The van der Waals surface area contributed by atoms with E-state index in [0.29, 0.717) is 0 Å². The molecule has 4 heavy (non-hydrogen) atoms. The second-order valence-electron chi connectivity index (χ2n) is 0. The second kappa shape index (κ2) is 18.8. The van der Waals surface area contributed by atoms with E-state index in [1.54, 1.807) is 0 Å². The molecular formula is H5ClKNS. The van der Waals surface area contributed by atoms with Crippen LogP contribution in [-0.4, -0.2) is 0 Å². The van der Waals surface area contributed by atoms with Crippen molar-refractivity contribution in [1.29, 1.82) is 0 Å². The average molecular weight is 126 g/mol. The van der Waals surface area contributed by atoms with Gasteiger partial charge in [-0.25, -0.2) is 0 Å². The SMILES string of the molecule is N.S.[Cl-].[K+]. The van der Waals surface area contributed by atoms with Crippen LogP contribution in [0.2, 0.25) is 0 Å². The van der Waals surface area contributed by atoms with Crippen molar-refractivity contribution >= 4 is 13.5 Å². The van der Waals surface area contributed by atoms with Crippen LogP contribution in [0, 0.1) is 0 Å². The summed E-state index contributed by atoms with van der Waals surface area (Å²) in [6, 6.07) is 0. The van der Waals surface area contributed by atoms with Crippen molar-refractivity contribution in [2.45, 2.75) is 0 Å². The van der Waals surface area contributed by atoms with Crippen LogP contribution in [0.4, 0.5) is 0 Å². The molecule has 1 nitrogen and oxygen atoms in total. The molecule has 24 valence electrons. The van der Waals surface area contributed by atoms with E-state index in [2.05, 4.69) is 0 Å². The molecule has 0 amide bonds. The van der Waals surface area contributed by atoms with Crippen molar-refractivity contribution in [2.24, 2.45) is 0 Å². The van der Waals surface area contributed by atoms with Gasteiger partial charge in [0.15, 0.2) is 0 Å². The topological polar surface area (TPSA) is 35.0 Å². The van der Waals surface area contributed by atoms with E-state index in [0.717, 1.165) is 0 Å². The average Bonchev–Trinajstić information content (AvgIpc) is 0. The van der Waals surface area contributed by atoms with E-state index in [4.69, 9.17) is 0 Å². The zero-order valence-electron chi connectivity index (χ0n) is 2.59. The molecule has 0 saturated heterocycles. The summed E-state index contributed by atoms with van der Waals surface area (Å²) in [6.07, 6.45) is 0. The van der Waals surface area contributed by atoms with Gasteiger partial charge < -0.3 is 18.6 Å². The molecule has 0 aromatic heterocycles. The molecule has 0 fully saturated rings. The van der Waals surface area contributed by atoms with Gasteiger partial charge in [-0.3, -0.25) is 0 Å². The third-order valence-corrected chi connectivity index (χ3v) is 0. The maximum Gasteiger partial charge on any atom is 1.00 e. The first-order chi connectivity index (χ1) is 0. The van der Waals surface area contributed by atoms with Crippen LogP contribution in [0.5, 0.6) is 0 Å². The number of rotatable bonds is 0. The van der Waals surface area contributed by atoms with Crippen molar-refractivity contribution < 1.29 is 63.8 Å². The predicted octanol–water partition coefficient (Wildman–Crippen LogP) is -5.72. The van der Waals surface area contributed by atoms with Crippen molar-refractivity contribution in [3.63, 3.8) is 0 Å². The molecule has 4 heteroatoms. The Bertz CT molecular complexity index is 8.00. The first kappa shape index (κ1) is 34.2. The summed E-state index contributed by atoms with van der Waals surface area (Å²) in [6.45, 7) is 0. The number of hydrogen-bond acceptors (Lipinski definition) is 1. The fourth-order valence-electron chi connectivity index (χ4n) is 0. The molecule has 0 aromatic rings. The van der Waals surface area contributed by atoms with Gasteiger partial charge in [0.1, 0.15) is 0 Å². The van der Waals surface area contributed by atoms with E-state index in [1.165, 1.54) is 0 Å². The van der Waals surface area contributed by atoms with E-state index < -0.39 is 0 Å². The van der Waals surface area contributed by atoms with Gasteiger partial charge in [0.2, 0.25) is 0 Å². The molecule has 0 bridgehead atoms. The molecule has 0 aromatic carbocycles. The molecule has 0 aliphatic rings. The Morgan fingerprint density at radius 3 is 1.00 bits per heavy atom. The number of halogens is 1. The largest absolute Gasteiger partial charge is 1.00 e. The van der Waals surface area contributed by atoms with Gasteiger partial charge in [0, 0.05) is 0 Å². The summed E-state index contributed by atoms with van der Waals surface area (Å²) in [5.41, 5.74) is 0. The minimum atomic E-state index is 0. The van der Waals surface area contributed by atoms with Crippen LogP contribution in [0.25, 0.3) is 0 Å². The molecular weight excluding hydrogens is 121 g/mol. The van der Waals surface area contributed by atoms with Gasteiger partial charge in [0.25, 0.3) is 0 Å². The smallest absolute Gasteiger partial charge is 1.00 e. The maximum atomic E-state index is 0. The Hall–Kier alpha value is 2.24. The Balaban J connectivity index is 0. The molecule has 3 N–H and O–H groups in total. The van der Waals surface area contributed by atoms with Crippen LogP contribution in [-0.2, 0) is 0 Å². The Kier molecular flexibility index (Phi) is 161. The molecule has 0 aliphatic carbocycles. The number of hydrogen-bond donors (Lipinski definition) is 1. The first-order valence-corrected chi connectivity index (χ1v) is 0. The van der Waals surface area contributed by atoms with Crippen LogP contribution < -0.4 is 69.9 Å². The summed E-state index contributed by atoms with van der Waals surface area (Å²) in [5.74, 6) is 0. The van der Waals surface area contributed by atoms with Gasteiger partial charge in [-0.05, 0) is 0 Å². The monoisotopic (exact) mass is 125 g/mol. The van der Waals surface area contributed by atoms with Crippen LogP contribution in [0.15, 0.2) is 0 Å². The molecule has 0 heterocycles. The van der Waals surface area contributed by atoms with Crippen molar-refractivity contribution in [1.82, 2.24) is 6.15 Å². The standard InChI is InChI=1S/ClH.K.H3N.H2S/h1H;;1H3;1H2/q;+1;;/p-1. The summed E-state index contributed by atoms with van der Waals surface area (Å²) in [5, 5.41) is 0.